The molecule has 0 aromatic heterocycles. The van der Waals surface area contributed by atoms with Crippen LogP contribution < -0.4 is 0 Å². The number of thiol groups is 1. The molecule has 0 saturated carbocycles. The molecule has 1 aromatic rings. The predicted octanol–water partition coefficient (Wildman–Crippen LogP) is 7.23. The molecule has 0 bridgehead atoms. The van der Waals surface area contributed by atoms with Gasteiger partial charge in [0.05, 0.1) is 0 Å². The highest BCUT2D eigenvalue weighted by atomic mass is 32.1. The summed E-state index contributed by atoms with van der Waals surface area (Å²) < 4.78 is 0. The van der Waals surface area contributed by atoms with Gasteiger partial charge in [-0.15, -0.1) is 0 Å². The summed E-state index contributed by atoms with van der Waals surface area (Å²) >= 11 is 4.74. The Bertz CT molecular complexity index is 333. The summed E-state index contributed by atoms with van der Waals surface area (Å²) in [6.45, 7) is 2.29. The number of hydrogen-bond donors (Lipinski definition) is 1. The van der Waals surface area contributed by atoms with Gasteiger partial charge in [-0.05, 0) is 18.4 Å². The van der Waals surface area contributed by atoms with Crippen molar-refractivity contribution in [3.8, 4) is 0 Å². The second-order valence-electron chi connectivity index (χ2n) is 6.67. The average molecular weight is 321 g/mol. The van der Waals surface area contributed by atoms with Crippen LogP contribution in [0, 0.1) is 0 Å². The quantitative estimate of drug-likeness (QED) is 0.271. The molecule has 0 heterocycles. The predicted molar refractivity (Wildman–Crippen MR) is 104 cm³/mol. The van der Waals surface area contributed by atoms with Crippen LogP contribution in [0.1, 0.15) is 89.5 Å². The molecule has 0 aliphatic heterocycles. The van der Waals surface area contributed by atoms with Crippen LogP contribution in [0.25, 0.3) is 0 Å². The highest BCUT2D eigenvalue weighted by Gasteiger charge is 2.04. The highest BCUT2D eigenvalue weighted by molar-refractivity contribution is 7.80. The van der Waals surface area contributed by atoms with Crippen molar-refractivity contribution in [3.63, 3.8) is 0 Å². The van der Waals surface area contributed by atoms with Crippen molar-refractivity contribution in [2.45, 2.75) is 95.6 Å². The standard InChI is InChI=1S/C21H36S/c1-2-3-4-5-6-7-8-9-10-11-15-18-21(22)19-20-16-13-12-14-17-20/h12-14,16-17,21-22H,2-11,15,18-19H2,1H3. The van der Waals surface area contributed by atoms with E-state index in [1.54, 1.807) is 0 Å². The van der Waals surface area contributed by atoms with E-state index in [2.05, 4.69) is 37.3 Å². The van der Waals surface area contributed by atoms with E-state index in [-0.39, 0.29) is 0 Å². The maximum atomic E-state index is 4.74. The molecule has 0 radical (unpaired) electrons. The SMILES string of the molecule is CCCCCCCCCCCCCC(S)Cc1ccccc1. The maximum Gasteiger partial charge on any atom is 0.00572 e. The molecule has 0 N–H and O–H groups in total. The van der Waals surface area contributed by atoms with E-state index in [0.29, 0.717) is 5.25 Å². The molecule has 0 saturated heterocycles. The van der Waals surface area contributed by atoms with Crippen LogP contribution in [-0.2, 0) is 6.42 Å². The van der Waals surface area contributed by atoms with Gasteiger partial charge in [0.2, 0.25) is 0 Å². The van der Waals surface area contributed by atoms with Crippen molar-refractivity contribution in [1.82, 2.24) is 0 Å². The Hall–Kier alpha value is -0.430. The molecular formula is C21H36S. The first-order valence-corrected chi connectivity index (χ1v) is 10.1. The first kappa shape index (κ1) is 19.6. The molecule has 1 atom stereocenters. The van der Waals surface area contributed by atoms with E-state index in [1.165, 1.54) is 82.6 Å². The molecule has 0 aliphatic carbocycles. The van der Waals surface area contributed by atoms with Gasteiger partial charge in [0.1, 0.15) is 0 Å². The Morgan fingerprint density at radius 3 is 1.77 bits per heavy atom. The Balaban J connectivity index is 1.85. The van der Waals surface area contributed by atoms with Crippen LogP contribution >= 0.6 is 12.6 Å². The van der Waals surface area contributed by atoms with E-state index >= 15 is 0 Å². The minimum absolute atomic E-state index is 0.529. The third-order valence-electron chi connectivity index (χ3n) is 4.46. The van der Waals surface area contributed by atoms with E-state index in [9.17, 15) is 0 Å². The molecule has 0 amide bonds. The van der Waals surface area contributed by atoms with E-state index in [4.69, 9.17) is 12.6 Å². The van der Waals surface area contributed by atoms with Gasteiger partial charge in [0.15, 0.2) is 0 Å². The summed E-state index contributed by atoms with van der Waals surface area (Å²) in [6.07, 6.45) is 18.0. The second-order valence-corrected chi connectivity index (χ2v) is 7.40. The van der Waals surface area contributed by atoms with E-state index in [1.807, 2.05) is 0 Å². The Labute approximate surface area is 144 Å². The van der Waals surface area contributed by atoms with Gasteiger partial charge >= 0.3 is 0 Å². The van der Waals surface area contributed by atoms with E-state index in [0.717, 1.165) is 6.42 Å². The van der Waals surface area contributed by atoms with Crippen molar-refractivity contribution in [3.05, 3.63) is 35.9 Å². The first-order valence-electron chi connectivity index (χ1n) is 9.55. The normalized spacial score (nSPS) is 12.5. The number of hydrogen-bond acceptors (Lipinski definition) is 1. The minimum atomic E-state index is 0.529. The van der Waals surface area contributed by atoms with Crippen molar-refractivity contribution < 1.29 is 0 Å². The van der Waals surface area contributed by atoms with Gasteiger partial charge in [0, 0.05) is 5.25 Å². The van der Waals surface area contributed by atoms with Gasteiger partial charge in [-0.25, -0.2) is 0 Å². The second kappa shape index (κ2) is 14.2. The van der Waals surface area contributed by atoms with Crippen LogP contribution in [-0.4, -0.2) is 5.25 Å². The number of unbranched alkanes of at least 4 members (excludes halogenated alkanes) is 10. The largest absolute Gasteiger partial charge is 0.176 e. The third-order valence-corrected chi connectivity index (χ3v) is 4.90. The van der Waals surface area contributed by atoms with Crippen LogP contribution in [0.3, 0.4) is 0 Å². The summed E-state index contributed by atoms with van der Waals surface area (Å²) in [7, 11) is 0. The molecule has 0 nitrogen and oxygen atoms in total. The molecular weight excluding hydrogens is 284 g/mol. The van der Waals surface area contributed by atoms with Crippen molar-refractivity contribution >= 4 is 12.6 Å². The molecule has 0 fully saturated rings. The molecule has 1 heteroatoms. The lowest BCUT2D eigenvalue weighted by molar-refractivity contribution is 0.541. The number of benzene rings is 1. The summed E-state index contributed by atoms with van der Waals surface area (Å²) in [5.74, 6) is 0. The Morgan fingerprint density at radius 2 is 1.23 bits per heavy atom. The van der Waals surface area contributed by atoms with Gasteiger partial charge in [-0.1, -0.05) is 108 Å². The molecule has 0 spiro atoms. The fourth-order valence-corrected chi connectivity index (χ4v) is 3.43. The van der Waals surface area contributed by atoms with Gasteiger partial charge in [0.25, 0.3) is 0 Å². The van der Waals surface area contributed by atoms with Crippen LogP contribution in [0.2, 0.25) is 0 Å². The molecule has 126 valence electrons. The summed E-state index contributed by atoms with van der Waals surface area (Å²) in [4.78, 5) is 0. The third kappa shape index (κ3) is 11.2. The lowest BCUT2D eigenvalue weighted by Crippen LogP contribution is -2.03. The maximum absolute atomic E-state index is 4.74. The van der Waals surface area contributed by atoms with Crippen LogP contribution in [0.15, 0.2) is 30.3 Å². The molecule has 1 aromatic carbocycles. The molecule has 22 heavy (non-hydrogen) atoms. The summed E-state index contributed by atoms with van der Waals surface area (Å²) in [5, 5.41) is 0.529. The topological polar surface area (TPSA) is 0 Å². The highest BCUT2D eigenvalue weighted by Crippen LogP contribution is 2.16. The van der Waals surface area contributed by atoms with Crippen LogP contribution in [0.5, 0.6) is 0 Å². The van der Waals surface area contributed by atoms with Gasteiger partial charge < -0.3 is 0 Å². The minimum Gasteiger partial charge on any atom is -0.176 e. The number of rotatable bonds is 14. The van der Waals surface area contributed by atoms with Gasteiger partial charge in [-0.3, -0.25) is 0 Å². The van der Waals surface area contributed by atoms with Crippen molar-refractivity contribution in [2.75, 3.05) is 0 Å². The monoisotopic (exact) mass is 320 g/mol. The average Bonchev–Trinajstić information content (AvgIpc) is 2.53. The smallest absolute Gasteiger partial charge is 0.00572 e. The zero-order chi connectivity index (χ0) is 15.9. The Kier molecular flexibility index (Phi) is 12.6. The zero-order valence-electron chi connectivity index (χ0n) is 14.6. The lowest BCUT2D eigenvalue weighted by atomic mass is 10.0. The lowest BCUT2D eigenvalue weighted by Gasteiger charge is -2.10. The van der Waals surface area contributed by atoms with Crippen molar-refractivity contribution in [1.29, 1.82) is 0 Å². The fraction of sp³-hybridized carbons (Fsp3) is 0.714. The molecule has 0 aliphatic rings. The van der Waals surface area contributed by atoms with Crippen molar-refractivity contribution in [2.24, 2.45) is 0 Å². The molecule has 1 unspecified atom stereocenters. The Morgan fingerprint density at radius 1 is 0.727 bits per heavy atom. The van der Waals surface area contributed by atoms with Gasteiger partial charge in [-0.2, -0.15) is 12.6 Å². The van der Waals surface area contributed by atoms with Crippen LogP contribution in [0.4, 0.5) is 0 Å². The zero-order valence-corrected chi connectivity index (χ0v) is 15.5. The van der Waals surface area contributed by atoms with E-state index < -0.39 is 0 Å². The summed E-state index contributed by atoms with van der Waals surface area (Å²) in [5.41, 5.74) is 1.42. The summed E-state index contributed by atoms with van der Waals surface area (Å²) in [6, 6.07) is 10.8. The fourth-order valence-electron chi connectivity index (χ4n) is 3.03. The first-order chi connectivity index (χ1) is 10.8. The molecule has 1 rings (SSSR count).